The largest absolute Gasteiger partial charge is 0.345 e. The first-order chi connectivity index (χ1) is 14.4. The summed E-state index contributed by atoms with van der Waals surface area (Å²) in [7, 11) is -1.13. The molecule has 30 heavy (non-hydrogen) atoms. The summed E-state index contributed by atoms with van der Waals surface area (Å²) >= 11 is 0. The number of sulfonamides is 1. The number of hydrogen-bond acceptors (Lipinski definition) is 4. The number of hydrogen-bond donors (Lipinski definition) is 1. The van der Waals surface area contributed by atoms with Gasteiger partial charge in [0.15, 0.2) is 0 Å². The lowest BCUT2D eigenvalue weighted by atomic mass is 9.83. The van der Waals surface area contributed by atoms with Crippen LogP contribution in [0.1, 0.15) is 60.5 Å². The zero-order valence-electron chi connectivity index (χ0n) is 17.6. The molecule has 0 bridgehead atoms. The van der Waals surface area contributed by atoms with Crippen molar-refractivity contribution in [1.29, 1.82) is 0 Å². The van der Waals surface area contributed by atoms with Gasteiger partial charge in [0, 0.05) is 12.6 Å². The fourth-order valence-corrected chi connectivity index (χ4v) is 4.96. The van der Waals surface area contributed by atoms with E-state index in [0.29, 0.717) is 11.5 Å². The molecular weight excluding hydrogens is 400 g/mol. The van der Waals surface area contributed by atoms with Crippen LogP contribution in [0.15, 0.2) is 59.5 Å². The molecule has 1 saturated carbocycles. The average Bonchev–Trinajstić information content (AvgIpc) is 2.79. The second-order valence-electron chi connectivity index (χ2n) is 7.80. The van der Waals surface area contributed by atoms with Crippen LogP contribution >= 0.6 is 0 Å². The highest BCUT2D eigenvalue weighted by molar-refractivity contribution is 7.89. The summed E-state index contributed by atoms with van der Waals surface area (Å²) in [5.74, 6) is 0.407. The molecule has 3 rings (SSSR count). The van der Waals surface area contributed by atoms with E-state index in [-0.39, 0.29) is 16.8 Å². The van der Waals surface area contributed by atoms with Crippen LogP contribution in [0, 0.1) is 5.92 Å². The van der Waals surface area contributed by atoms with E-state index >= 15 is 0 Å². The average molecular weight is 431 g/mol. The van der Waals surface area contributed by atoms with Crippen molar-refractivity contribution in [3.63, 3.8) is 0 Å². The molecular formula is C23H30N2O4S. The topological polar surface area (TPSA) is 75.7 Å². The monoisotopic (exact) mass is 430 g/mol. The Morgan fingerprint density at radius 3 is 2.30 bits per heavy atom. The van der Waals surface area contributed by atoms with Crippen LogP contribution in [-0.2, 0) is 14.9 Å². The Balaban J connectivity index is 1.75. The Morgan fingerprint density at radius 2 is 1.70 bits per heavy atom. The molecule has 1 amide bonds. The van der Waals surface area contributed by atoms with Gasteiger partial charge in [-0.3, -0.25) is 9.63 Å². The van der Waals surface area contributed by atoms with Gasteiger partial charge in [0.2, 0.25) is 0 Å². The molecule has 0 heterocycles. The summed E-state index contributed by atoms with van der Waals surface area (Å²) in [5.41, 5.74) is 1.52. The molecule has 0 radical (unpaired) electrons. The Kier molecular flexibility index (Phi) is 7.64. The summed E-state index contributed by atoms with van der Waals surface area (Å²) in [4.78, 5) is 17.8. The van der Waals surface area contributed by atoms with E-state index in [4.69, 9.17) is 4.84 Å². The molecule has 1 N–H and O–H groups in total. The van der Waals surface area contributed by atoms with Gasteiger partial charge < -0.3 is 5.32 Å². The lowest BCUT2D eigenvalue weighted by Gasteiger charge is -2.27. The van der Waals surface area contributed by atoms with E-state index in [1.807, 2.05) is 30.3 Å². The molecule has 1 atom stereocenters. The zero-order chi connectivity index (χ0) is 21.6. The molecule has 1 aliphatic rings. The van der Waals surface area contributed by atoms with Crippen LogP contribution in [0.4, 0.5) is 0 Å². The molecule has 0 spiro atoms. The second kappa shape index (κ2) is 10.2. The van der Waals surface area contributed by atoms with E-state index < -0.39 is 10.0 Å². The Morgan fingerprint density at radius 1 is 1.07 bits per heavy atom. The Labute approximate surface area is 179 Å². The van der Waals surface area contributed by atoms with Gasteiger partial charge in [-0.2, -0.15) is 0 Å². The first kappa shape index (κ1) is 22.5. The number of benzene rings is 2. The minimum absolute atomic E-state index is 0.0650. The van der Waals surface area contributed by atoms with Crippen molar-refractivity contribution in [3.8, 4) is 0 Å². The molecule has 2 aromatic rings. The number of rotatable bonds is 8. The third-order valence-corrected chi connectivity index (χ3v) is 7.50. The van der Waals surface area contributed by atoms with Crippen LogP contribution < -0.4 is 5.32 Å². The van der Waals surface area contributed by atoms with Crippen molar-refractivity contribution in [1.82, 2.24) is 9.79 Å². The number of hydroxylamine groups is 1. The van der Waals surface area contributed by atoms with Gasteiger partial charge in [0.05, 0.1) is 18.0 Å². The number of amides is 1. The summed E-state index contributed by atoms with van der Waals surface area (Å²) < 4.78 is 25.4. The van der Waals surface area contributed by atoms with Gasteiger partial charge in [0.1, 0.15) is 0 Å². The standard InChI is InChI=1S/C23H30N2O4S/c1-25(29-2)30(27,28)21-15-13-20(14-16-21)23(26)24-22(19-11-7-4-8-12-19)17-18-9-5-3-6-10-18/h4,7-8,11-16,18,22H,3,5-6,9-10,17H2,1-2H3,(H,24,26). The lowest BCUT2D eigenvalue weighted by Crippen LogP contribution is -2.30. The van der Waals surface area contributed by atoms with E-state index in [0.717, 1.165) is 16.5 Å². The molecule has 6 nitrogen and oxygen atoms in total. The van der Waals surface area contributed by atoms with Crippen LogP contribution in [-0.4, -0.2) is 33.0 Å². The molecule has 1 fully saturated rings. The predicted molar refractivity (Wildman–Crippen MR) is 116 cm³/mol. The Hall–Kier alpha value is -2.22. The van der Waals surface area contributed by atoms with Gasteiger partial charge >= 0.3 is 0 Å². The second-order valence-corrected chi connectivity index (χ2v) is 9.73. The maximum absolute atomic E-state index is 12.9. The highest BCUT2D eigenvalue weighted by Gasteiger charge is 2.24. The van der Waals surface area contributed by atoms with Crippen LogP contribution in [0.25, 0.3) is 0 Å². The molecule has 2 aromatic carbocycles. The fourth-order valence-electron chi connectivity index (χ4n) is 3.99. The van der Waals surface area contributed by atoms with Gasteiger partial charge in [0.25, 0.3) is 15.9 Å². The smallest absolute Gasteiger partial charge is 0.264 e. The molecule has 0 aromatic heterocycles. The van der Waals surface area contributed by atoms with Crippen molar-refractivity contribution in [2.24, 2.45) is 5.92 Å². The van der Waals surface area contributed by atoms with Gasteiger partial charge in [-0.25, -0.2) is 8.42 Å². The van der Waals surface area contributed by atoms with Crippen molar-refractivity contribution in [3.05, 3.63) is 65.7 Å². The van der Waals surface area contributed by atoms with E-state index in [1.165, 1.54) is 70.5 Å². The predicted octanol–water partition coefficient (Wildman–Crippen LogP) is 4.31. The maximum atomic E-state index is 12.9. The van der Waals surface area contributed by atoms with Crippen LogP contribution in [0.2, 0.25) is 0 Å². The first-order valence-corrected chi connectivity index (χ1v) is 11.8. The summed E-state index contributed by atoms with van der Waals surface area (Å²) in [6, 6.07) is 15.9. The number of carbonyl (C=O) groups excluding carboxylic acids is 1. The van der Waals surface area contributed by atoms with Crippen molar-refractivity contribution in [2.75, 3.05) is 14.2 Å². The van der Waals surface area contributed by atoms with E-state index in [1.54, 1.807) is 0 Å². The van der Waals surface area contributed by atoms with Gasteiger partial charge in [-0.05, 0) is 42.2 Å². The third kappa shape index (κ3) is 5.47. The molecule has 1 unspecified atom stereocenters. The minimum Gasteiger partial charge on any atom is -0.345 e. The Bertz CT molecular complexity index is 923. The summed E-state index contributed by atoms with van der Waals surface area (Å²) in [6.07, 6.45) is 7.14. The normalized spacial score (nSPS) is 16.4. The van der Waals surface area contributed by atoms with Crippen LogP contribution in [0.5, 0.6) is 0 Å². The van der Waals surface area contributed by atoms with Gasteiger partial charge in [-0.1, -0.05) is 66.9 Å². The van der Waals surface area contributed by atoms with Crippen molar-refractivity contribution in [2.45, 2.75) is 49.5 Å². The molecule has 1 aliphatic carbocycles. The summed E-state index contributed by atoms with van der Waals surface area (Å²) in [6.45, 7) is 0. The molecule has 0 aliphatic heterocycles. The third-order valence-electron chi connectivity index (χ3n) is 5.81. The van der Waals surface area contributed by atoms with Crippen LogP contribution in [0.3, 0.4) is 0 Å². The van der Waals surface area contributed by atoms with Crippen molar-refractivity contribution >= 4 is 15.9 Å². The summed E-state index contributed by atoms with van der Waals surface area (Å²) in [5, 5.41) is 3.17. The van der Waals surface area contributed by atoms with E-state index in [2.05, 4.69) is 5.32 Å². The molecule has 7 heteroatoms. The highest BCUT2D eigenvalue weighted by Crippen LogP contribution is 2.32. The molecule has 0 saturated heterocycles. The van der Waals surface area contributed by atoms with Crippen molar-refractivity contribution < 1.29 is 18.0 Å². The van der Waals surface area contributed by atoms with Gasteiger partial charge in [-0.15, -0.1) is 0 Å². The number of nitrogens with zero attached hydrogens (tertiary/aromatic N) is 1. The highest BCUT2D eigenvalue weighted by atomic mass is 32.2. The quantitative estimate of drug-likeness (QED) is 0.633. The zero-order valence-corrected chi connectivity index (χ0v) is 18.4. The van der Waals surface area contributed by atoms with E-state index in [9.17, 15) is 13.2 Å². The first-order valence-electron chi connectivity index (χ1n) is 10.4. The SMILES string of the molecule is CON(C)S(=O)(=O)c1ccc(C(=O)NC(CC2CCCCC2)c2ccccc2)cc1. The number of nitrogens with one attached hydrogen (secondary N) is 1. The minimum atomic E-state index is -3.74. The molecule has 162 valence electrons. The number of carbonyl (C=O) groups is 1. The lowest BCUT2D eigenvalue weighted by molar-refractivity contribution is -0.0258. The fraction of sp³-hybridized carbons (Fsp3) is 0.435. The maximum Gasteiger partial charge on any atom is 0.264 e.